The molecule has 0 bridgehead atoms. The Morgan fingerprint density at radius 1 is 1.12 bits per heavy atom. The normalized spacial score (nSPS) is 14.5. The first-order chi connectivity index (χ1) is 12.0. The average molecular weight is 345 g/mol. The molecule has 1 atom stereocenters. The zero-order valence-electron chi connectivity index (χ0n) is 14.1. The molecule has 25 heavy (non-hydrogen) atoms. The van der Waals surface area contributed by atoms with Gasteiger partial charge in [-0.3, -0.25) is 4.79 Å². The number of amides is 1. The molecule has 1 amide bonds. The van der Waals surface area contributed by atoms with Crippen molar-refractivity contribution < 1.29 is 18.3 Å². The van der Waals surface area contributed by atoms with Crippen molar-refractivity contribution in [1.82, 2.24) is 5.32 Å². The minimum atomic E-state index is -0.824. The first-order valence-corrected chi connectivity index (χ1v) is 8.52. The van der Waals surface area contributed by atoms with E-state index < -0.39 is 11.6 Å². The van der Waals surface area contributed by atoms with Gasteiger partial charge in [-0.15, -0.1) is 0 Å². The summed E-state index contributed by atoms with van der Waals surface area (Å²) in [6, 6.07) is 9.15. The van der Waals surface area contributed by atoms with E-state index in [9.17, 15) is 13.6 Å². The van der Waals surface area contributed by atoms with Gasteiger partial charge in [0.25, 0.3) is 5.91 Å². The molecule has 5 heteroatoms. The summed E-state index contributed by atoms with van der Waals surface area (Å²) < 4.78 is 31.5. The Hall–Kier alpha value is -2.43. The van der Waals surface area contributed by atoms with Gasteiger partial charge in [-0.25, -0.2) is 8.78 Å². The molecule has 132 valence electrons. The van der Waals surface area contributed by atoms with Crippen molar-refractivity contribution in [3.8, 4) is 5.75 Å². The van der Waals surface area contributed by atoms with Gasteiger partial charge in [-0.05, 0) is 61.4 Å². The monoisotopic (exact) mass is 345 g/mol. The van der Waals surface area contributed by atoms with E-state index in [2.05, 4.69) is 17.4 Å². The molecule has 1 aliphatic carbocycles. The summed E-state index contributed by atoms with van der Waals surface area (Å²) >= 11 is 0. The summed E-state index contributed by atoms with van der Waals surface area (Å²) in [6.07, 6.45) is 4.63. The zero-order valence-corrected chi connectivity index (χ0v) is 14.1. The number of hydrogen-bond acceptors (Lipinski definition) is 2. The highest BCUT2D eigenvalue weighted by molar-refractivity contribution is 5.78. The van der Waals surface area contributed by atoms with Gasteiger partial charge in [-0.1, -0.05) is 18.2 Å². The number of halogens is 2. The van der Waals surface area contributed by atoms with Gasteiger partial charge in [0.05, 0.1) is 6.04 Å². The van der Waals surface area contributed by atoms with Crippen molar-refractivity contribution in [3.63, 3.8) is 0 Å². The SMILES string of the molecule is CC(NC(=O)COc1ccc(F)cc1F)c1ccc2c(c1)CCCC2. The Bertz CT molecular complexity index is 776. The molecule has 0 spiro atoms. The minimum absolute atomic E-state index is 0.141. The van der Waals surface area contributed by atoms with E-state index in [1.165, 1.54) is 30.0 Å². The van der Waals surface area contributed by atoms with Crippen molar-refractivity contribution in [2.24, 2.45) is 0 Å². The number of carbonyl (C=O) groups excluding carboxylic acids is 1. The van der Waals surface area contributed by atoms with Crippen LogP contribution in [0.5, 0.6) is 5.75 Å². The van der Waals surface area contributed by atoms with Crippen LogP contribution in [0.3, 0.4) is 0 Å². The van der Waals surface area contributed by atoms with Crippen LogP contribution in [0.4, 0.5) is 8.78 Å². The average Bonchev–Trinajstić information content (AvgIpc) is 2.60. The van der Waals surface area contributed by atoms with E-state index in [1.54, 1.807) is 0 Å². The van der Waals surface area contributed by atoms with Crippen LogP contribution in [0.15, 0.2) is 36.4 Å². The van der Waals surface area contributed by atoms with Crippen LogP contribution in [0.25, 0.3) is 0 Å². The van der Waals surface area contributed by atoms with Gasteiger partial charge in [0, 0.05) is 6.07 Å². The maximum Gasteiger partial charge on any atom is 0.258 e. The number of hydrogen-bond donors (Lipinski definition) is 1. The Morgan fingerprint density at radius 3 is 2.64 bits per heavy atom. The number of ether oxygens (including phenoxy) is 1. The molecule has 2 aromatic carbocycles. The minimum Gasteiger partial charge on any atom is -0.481 e. The Balaban J connectivity index is 1.57. The van der Waals surface area contributed by atoms with Crippen LogP contribution in [0, 0.1) is 11.6 Å². The van der Waals surface area contributed by atoms with Gasteiger partial charge < -0.3 is 10.1 Å². The Morgan fingerprint density at radius 2 is 1.88 bits per heavy atom. The van der Waals surface area contributed by atoms with Crippen molar-refractivity contribution in [3.05, 3.63) is 64.7 Å². The smallest absolute Gasteiger partial charge is 0.258 e. The third-order valence-corrected chi connectivity index (χ3v) is 4.50. The quantitative estimate of drug-likeness (QED) is 0.886. The molecule has 0 radical (unpaired) electrons. The van der Waals surface area contributed by atoms with Crippen molar-refractivity contribution in [2.75, 3.05) is 6.61 Å². The second-order valence-corrected chi connectivity index (χ2v) is 6.39. The number of rotatable bonds is 5. The topological polar surface area (TPSA) is 38.3 Å². The van der Waals surface area contributed by atoms with Crippen molar-refractivity contribution in [1.29, 1.82) is 0 Å². The van der Waals surface area contributed by atoms with Crippen LogP contribution in [0.1, 0.15) is 42.5 Å². The fourth-order valence-corrected chi connectivity index (χ4v) is 3.12. The molecule has 1 aliphatic rings. The standard InChI is InChI=1S/C20H21F2NO2/c1-13(15-7-6-14-4-2-3-5-16(14)10-15)23-20(24)12-25-19-9-8-17(21)11-18(19)22/h6-11,13H,2-5,12H2,1H3,(H,23,24). The molecular formula is C20H21F2NO2. The van der Waals surface area contributed by atoms with Crippen LogP contribution >= 0.6 is 0 Å². The maximum atomic E-state index is 13.5. The molecule has 1 unspecified atom stereocenters. The van der Waals surface area contributed by atoms with Crippen molar-refractivity contribution in [2.45, 2.75) is 38.6 Å². The van der Waals surface area contributed by atoms with Crippen molar-refractivity contribution >= 4 is 5.91 Å². The van der Waals surface area contributed by atoms with Gasteiger partial charge in [0.1, 0.15) is 5.82 Å². The molecule has 1 N–H and O–H groups in total. The summed E-state index contributed by atoms with van der Waals surface area (Å²) in [7, 11) is 0. The first kappa shape index (κ1) is 17.4. The highest BCUT2D eigenvalue weighted by Gasteiger charge is 2.15. The zero-order chi connectivity index (χ0) is 17.8. The first-order valence-electron chi connectivity index (χ1n) is 8.52. The third-order valence-electron chi connectivity index (χ3n) is 4.50. The third kappa shape index (κ3) is 4.35. The summed E-state index contributed by atoms with van der Waals surface area (Å²) in [5, 5.41) is 2.84. The molecule has 3 nitrogen and oxygen atoms in total. The number of nitrogens with one attached hydrogen (secondary N) is 1. The summed E-state index contributed by atoms with van der Waals surface area (Å²) in [5.41, 5.74) is 3.79. The lowest BCUT2D eigenvalue weighted by Gasteiger charge is -2.20. The molecule has 0 saturated carbocycles. The molecule has 0 fully saturated rings. The highest BCUT2D eigenvalue weighted by Crippen LogP contribution is 2.24. The lowest BCUT2D eigenvalue weighted by Crippen LogP contribution is -2.31. The van der Waals surface area contributed by atoms with Crippen LogP contribution in [-0.2, 0) is 17.6 Å². The Kier molecular flexibility index (Phi) is 5.31. The molecule has 2 aromatic rings. The Labute approximate surface area is 146 Å². The molecule has 0 heterocycles. The van der Waals surface area contributed by atoms with E-state index in [-0.39, 0.29) is 24.3 Å². The largest absolute Gasteiger partial charge is 0.481 e. The number of aryl methyl sites for hydroxylation is 2. The molecule has 3 rings (SSSR count). The second-order valence-electron chi connectivity index (χ2n) is 6.39. The van der Waals surface area contributed by atoms with Gasteiger partial charge in [0.15, 0.2) is 18.2 Å². The number of benzene rings is 2. The van der Waals surface area contributed by atoms with E-state index >= 15 is 0 Å². The summed E-state index contributed by atoms with van der Waals surface area (Å²) in [4.78, 5) is 12.0. The lowest BCUT2D eigenvalue weighted by atomic mass is 9.89. The van der Waals surface area contributed by atoms with E-state index in [0.29, 0.717) is 0 Å². The van der Waals surface area contributed by atoms with Crippen LogP contribution < -0.4 is 10.1 Å². The summed E-state index contributed by atoms with van der Waals surface area (Å²) in [6.45, 7) is 1.58. The molecular weight excluding hydrogens is 324 g/mol. The second kappa shape index (κ2) is 7.64. The predicted molar refractivity (Wildman–Crippen MR) is 91.5 cm³/mol. The lowest BCUT2D eigenvalue weighted by molar-refractivity contribution is -0.123. The van der Waals surface area contributed by atoms with E-state index in [1.807, 2.05) is 13.0 Å². The van der Waals surface area contributed by atoms with Gasteiger partial charge in [0.2, 0.25) is 0 Å². The fraction of sp³-hybridized carbons (Fsp3) is 0.350. The van der Waals surface area contributed by atoms with Gasteiger partial charge in [-0.2, -0.15) is 0 Å². The van der Waals surface area contributed by atoms with Crippen LogP contribution in [0.2, 0.25) is 0 Å². The number of carbonyl (C=O) groups is 1. The highest BCUT2D eigenvalue weighted by atomic mass is 19.1. The molecule has 0 saturated heterocycles. The number of fused-ring (bicyclic) bond motifs is 1. The molecule has 0 aliphatic heterocycles. The van der Waals surface area contributed by atoms with Gasteiger partial charge >= 0.3 is 0 Å². The summed E-state index contributed by atoms with van der Waals surface area (Å²) in [5.74, 6) is -2.00. The maximum absolute atomic E-state index is 13.5. The molecule has 0 aromatic heterocycles. The van der Waals surface area contributed by atoms with Crippen LogP contribution in [-0.4, -0.2) is 12.5 Å². The van der Waals surface area contributed by atoms with E-state index in [0.717, 1.165) is 30.5 Å². The fourth-order valence-electron chi connectivity index (χ4n) is 3.12. The van der Waals surface area contributed by atoms with E-state index in [4.69, 9.17) is 4.74 Å². The predicted octanol–water partition coefficient (Wildman–Crippen LogP) is 4.10.